The van der Waals surface area contributed by atoms with Gasteiger partial charge in [-0.05, 0) is 44.4 Å². The molecule has 0 N–H and O–H groups in total. The minimum absolute atomic E-state index is 0.375. The van der Waals surface area contributed by atoms with Crippen LogP contribution in [0.2, 0.25) is 0 Å². The van der Waals surface area contributed by atoms with Gasteiger partial charge in [-0.3, -0.25) is 4.79 Å². The Balaban J connectivity index is 1.35. The van der Waals surface area contributed by atoms with Gasteiger partial charge in [0.05, 0.1) is 0 Å². The zero-order chi connectivity index (χ0) is 14.4. The van der Waals surface area contributed by atoms with E-state index >= 15 is 0 Å². The summed E-state index contributed by atoms with van der Waals surface area (Å²) in [6.07, 6.45) is 11.2. The minimum atomic E-state index is 0.375. The molecule has 3 aliphatic rings. The van der Waals surface area contributed by atoms with E-state index in [1.54, 1.807) is 0 Å². The van der Waals surface area contributed by atoms with Gasteiger partial charge < -0.3 is 9.47 Å². The van der Waals surface area contributed by atoms with Crippen LogP contribution in [0.1, 0.15) is 57.2 Å². The topological polar surface area (TPSA) is 38.1 Å². The van der Waals surface area contributed by atoms with E-state index in [0.29, 0.717) is 23.2 Å². The van der Waals surface area contributed by atoms with E-state index < -0.39 is 0 Å². The summed E-state index contributed by atoms with van der Waals surface area (Å²) in [6.45, 7) is 4.99. The van der Waals surface area contributed by atoms with Gasteiger partial charge in [0.2, 0.25) is 5.91 Å². The molecule has 4 rings (SSSR count). The number of likely N-dealkylation sites (tertiary alicyclic amines) is 1. The molecule has 0 bridgehead atoms. The largest absolute Gasteiger partial charge is 0.342 e. The van der Waals surface area contributed by atoms with Gasteiger partial charge in [-0.25, -0.2) is 4.98 Å². The molecule has 2 saturated carbocycles. The van der Waals surface area contributed by atoms with Crippen LogP contribution in [0.25, 0.3) is 0 Å². The van der Waals surface area contributed by atoms with Crippen molar-refractivity contribution >= 4 is 5.91 Å². The van der Waals surface area contributed by atoms with E-state index in [-0.39, 0.29) is 0 Å². The SMILES string of the molecule is CCn1ccnc1C1CCN(C(=O)[C@H]2CC23CCC3)CC1. The van der Waals surface area contributed by atoms with E-state index in [1.165, 1.54) is 31.5 Å². The Morgan fingerprint density at radius 3 is 2.71 bits per heavy atom. The van der Waals surface area contributed by atoms with E-state index in [4.69, 9.17) is 0 Å². The molecule has 1 saturated heterocycles. The zero-order valence-corrected chi connectivity index (χ0v) is 12.9. The Morgan fingerprint density at radius 2 is 2.14 bits per heavy atom. The molecule has 1 spiro atoms. The molecular formula is C17H25N3O. The monoisotopic (exact) mass is 287 g/mol. The number of hydrogen-bond acceptors (Lipinski definition) is 2. The van der Waals surface area contributed by atoms with E-state index in [1.807, 2.05) is 6.20 Å². The zero-order valence-electron chi connectivity index (χ0n) is 12.9. The molecule has 1 atom stereocenters. The second-order valence-electron chi connectivity index (χ2n) is 7.14. The summed E-state index contributed by atoms with van der Waals surface area (Å²) < 4.78 is 2.24. The Kier molecular flexibility index (Phi) is 3.09. The van der Waals surface area contributed by atoms with Crippen molar-refractivity contribution in [3.05, 3.63) is 18.2 Å². The first kappa shape index (κ1) is 13.4. The molecule has 1 aromatic rings. The van der Waals surface area contributed by atoms with Crippen molar-refractivity contribution in [2.24, 2.45) is 11.3 Å². The molecule has 2 aliphatic carbocycles. The Labute approximate surface area is 126 Å². The molecule has 1 amide bonds. The minimum Gasteiger partial charge on any atom is -0.342 e. The number of nitrogens with zero attached hydrogens (tertiary/aromatic N) is 3. The smallest absolute Gasteiger partial charge is 0.226 e. The van der Waals surface area contributed by atoms with Crippen molar-refractivity contribution in [2.45, 2.75) is 57.9 Å². The van der Waals surface area contributed by atoms with Gasteiger partial charge in [-0.15, -0.1) is 0 Å². The Bertz CT molecular complexity index is 538. The average Bonchev–Trinajstić information content (AvgIpc) is 3.09. The maximum Gasteiger partial charge on any atom is 0.226 e. The highest BCUT2D eigenvalue weighted by Gasteiger charge is 2.61. The molecule has 4 nitrogen and oxygen atoms in total. The second-order valence-corrected chi connectivity index (χ2v) is 7.14. The highest BCUT2D eigenvalue weighted by Crippen LogP contribution is 2.66. The predicted molar refractivity (Wildman–Crippen MR) is 80.8 cm³/mol. The fourth-order valence-electron chi connectivity index (χ4n) is 4.41. The number of piperidine rings is 1. The molecule has 0 radical (unpaired) electrons. The van der Waals surface area contributed by atoms with Gasteiger partial charge in [0.1, 0.15) is 5.82 Å². The molecule has 1 aliphatic heterocycles. The highest BCUT2D eigenvalue weighted by atomic mass is 16.2. The fraction of sp³-hybridized carbons (Fsp3) is 0.765. The van der Waals surface area contributed by atoms with Gasteiger partial charge in [0.15, 0.2) is 0 Å². The standard InChI is InChI=1S/C17H25N3O/c1-2-19-11-8-18-15(19)13-4-9-20(10-5-13)16(21)14-12-17(14)6-3-7-17/h8,11,13-14H,2-7,9-10,12H2,1H3/t14-/m1/s1. The van der Waals surface area contributed by atoms with Crippen molar-refractivity contribution < 1.29 is 4.79 Å². The first-order valence-corrected chi connectivity index (χ1v) is 8.53. The summed E-state index contributed by atoms with van der Waals surface area (Å²) in [5, 5.41) is 0. The molecule has 3 fully saturated rings. The number of aryl methyl sites for hydroxylation is 1. The number of amides is 1. The molecule has 1 aromatic heterocycles. The van der Waals surface area contributed by atoms with Crippen LogP contribution in [0.15, 0.2) is 12.4 Å². The maximum absolute atomic E-state index is 12.6. The van der Waals surface area contributed by atoms with Crippen LogP contribution in [0, 0.1) is 11.3 Å². The van der Waals surface area contributed by atoms with Gasteiger partial charge in [0, 0.05) is 43.9 Å². The van der Waals surface area contributed by atoms with Gasteiger partial charge in [-0.1, -0.05) is 6.42 Å². The summed E-state index contributed by atoms with van der Waals surface area (Å²) >= 11 is 0. The van der Waals surface area contributed by atoms with Crippen molar-refractivity contribution in [1.82, 2.24) is 14.5 Å². The van der Waals surface area contributed by atoms with Crippen molar-refractivity contribution in [1.29, 1.82) is 0 Å². The lowest BCUT2D eigenvalue weighted by Crippen LogP contribution is -2.40. The van der Waals surface area contributed by atoms with Gasteiger partial charge in [0.25, 0.3) is 0 Å². The average molecular weight is 287 g/mol. The predicted octanol–water partition coefficient (Wildman–Crippen LogP) is 2.80. The van der Waals surface area contributed by atoms with Crippen LogP contribution in [-0.2, 0) is 11.3 Å². The lowest BCUT2D eigenvalue weighted by Gasteiger charge is -2.34. The van der Waals surface area contributed by atoms with Crippen LogP contribution in [0.4, 0.5) is 0 Å². The van der Waals surface area contributed by atoms with E-state index in [2.05, 4.69) is 27.6 Å². The molecule has 21 heavy (non-hydrogen) atoms. The molecule has 114 valence electrons. The van der Waals surface area contributed by atoms with E-state index in [9.17, 15) is 4.79 Å². The van der Waals surface area contributed by atoms with Crippen molar-refractivity contribution in [3.8, 4) is 0 Å². The second kappa shape index (κ2) is 4.85. The summed E-state index contributed by atoms with van der Waals surface area (Å²) in [6, 6.07) is 0. The van der Waals surface area contributed by atoms with Crippen LogP contribution in [0.3, 0.4) is 0 Å². The quantitative estimate of drug-likeness (QED) is 0.857. The first-order chi connectivity index (χ1) is 10.2. The summed E-state index contributed by atoms with van der Waals surface area (Å²) in [7, 11) is 0. The summed E-state index contributed by atoms with van der Waals surface area (Å²) in [4.78, 5) is 19.3. The molecular weight excluding hydrogens is 262 g/mol. The summed E-state index contributed by atoms with van der Waals surface area (Å²) in [5.41, 5.74) is 0.465. The third kappa shape index (κ3) is 2.11. The molecule has 2 heterocycles. The Morgan fingerprint density at radius 1 is 1.38 bits per heavy atom. The lowest BCUT2D eigenvalue weighted by molar-refractivity contribution is -0.135. The molecule has 0 unspecified atom stereocenters. The normalized spacial score (nSPS) is 27.7. The number of carbonyl (C=O) groups is 1. The van der Waals surface area contributed by atoms with Gasteiger partial charge >= 0.3 is 0 Å². The van der Waals surface area contributed by atoms with Crippen molar-refractivity contribution in [2.75, 3.05) is 13.1 Å². The van der Waals surface area contributed by atoms with Crippen LogP contribution < -0.4 is 0 Å². The number of imidazole rings is 1. The highest BCUT2D eigenvalue weighted by molar-refractivity contribution is 5.83. The molecule has 0 aromatic carbocycles. The number of aromatic nitrogens is 2. The number of carbonyl (C=O) groups excluding carboxylic acids is 1. The first-order valence-electron chi connectivity index (χ1n) is 8.53. The Hall–Kier alpha value is -1.32. The van der Waals surface area contributed by atoms with Crippen molar-refractivity contribution in [3.63, 3.8) is 0 Å². The molecule has 4 heteroatoms. The van der Waals surface area contributed by atoms with E-state index in [0.717, 1.165) is 32.5 Å². The number of rotatable bonds is 3. The van der Waals surface area contributed by atoms with Crippen LogP contribution in [0.5, 0.6) is 0 Å². The van der Waals surface area contributed by atoms with Crippen LogP contribution in [-0.4, -0.2) is 33.4 Å². The fourth-order valence-corrected chi connectivity index (χ4v) is 4.41. The van der Waals surface area contributed by atoms with Crippen LogP contribution >= 0.6 is 0 Å². The third-order valence-corrected chi connectivity index (χ3v) is 6.10. The lowest BCUT2D eigenvalue weighted by atomic mass is 9.79. The van der Waals surface area contributed by atoms with Gasteiger partial charge in [-0.2, -0.15) is 0 Å². The maximum atomic E-state index is 12.6. The third-order valence-electron chi connectivity index (χ3n) is 6.10. The summed E-state index contributed by atoms with van der Waals surface area (Å²) in [5.74, 6) is 2.57. The number of hydrogen-bond donors (Lipinski definition) is 0.